The van der Waals surface area contributed by atoms with Crippen LogP contribution in [0.4, 0.5) is 5.69 Å². The first-order valence-electron chi connectivity index (χ1n) is 2.32. The molecule has 1 rings (SSSR count). The van der Waals surface area contributed by atoms with E-state index in [1.807, 2.05) is 6.07 Å². The van der Waals surface area contributed by atoms with Crippen molar-refractivity contribution in [1.82, 2.24) is 0 Å². The van der Waals surface area contributed by atoms with Crippen molar-refractivity contribution in [1.29, 1.82) is 0 Å². The average Bonchev–Trinajstić information content (AvgIpc) is 1.90. The van der Waals surface area contributed by atoms with Gasteiger partial charge >= 0.3 is 0 Å². The maximum absolute atomic E-state index is 9.76. The Hall–Kier alpha value is -0.700. The number of hydrogen-bond acceptors (Lipinski definition) is 2. The maximum atomic E-state index is 9.76. The number of halogens is 1. The highest BCUT2D eigenvalue weighted by Gasteiger charge is 1.81. The monoisotopic (exact) mass is 187 g/mol. The number of rotatable bonds is 1. The van der Waals surface area contributed by atoms with Gasteiger partial charge in [-0.2, -0.15) is 0 Å². The molecule has 0 aliphatic carbocycles. The van der Waals surface area contributed by atoms with Crippen molar-refractivity contribution < 1.29 is 0 Å². The third-order valence-corrected chi connectivity index (χ3v) is 0.862. The Morgan fingerprint density at radius 2 is 1.67 bits per heavy atom. The summed E-state index contributed by atoms with van der Waals surface area (Å²) in [6.45, 7) is 0. The van der Waals surface area contributed by atoms with E-state index in [0.717, 1.165) is 0 Å². The van der Waals surface area contributed by atoms with Gasteiger partial charge < -0.3 is 0 Å². The Bertz CT molecular complexity index is 176. The molecule has 0 fully saturated rings. The van der Waals surface area contributed by atoms with Gasteiger partial charge in [0.25, 0.3) is 0 Å². The SMILES string of the molecule is Br.O=Nc1ccccc1. The Morgan fingerprint density at radius 1 is 1.11 bits per heavy atom. The summed E-state index contributed by atoms with van der Waals surface area (Å²) in [6, 6.07) is 8.71. The quantitative estimate of drug-likeness (QED) is 0.623. The molecule has 0 unspecified atom stereocenters. The molecule has 1 aromatic carbocycles. The van der Waals surface area contributed by atoms with E-state index >= 15 is 0 Å². The van der Waals surface area contributed by atoms with Crippen molar-refractivity contribution in [2.75, 3.05) is 0 Å². The molecule has 1 aromatic rings. The first-order chi connectivity index (χ1) is 3.93. The van der Waals surface area contributed by atoms with Gasteiger partial charge in [0, 0.05) is 0 Å². The van der Waals surface area contributed by atoms with Gasteiger partial charge in [-0.25, -0.2) is 0 Å². The first-order valence-corrected chi connectivity index (χ1v) is 2.32. The van der Waals surface area contributed by atoms with Gasteiger partial charge in [0.1, 0.15) is 5.69 Å². The van der Waals surface area contributed by atoms with E-state index < -0.39 is 0 Å². The van der Waals surface area contributed by atoms with Crippen LogP contribution in [0.25, 0.3) is 0 Å². The van der Waals surface area contributed by atoms with E-state index in [-0.39, 0.29) is 17.0 Å². The van der Waals surface area contributed by atoms with Crippen LogP contribution in [0.1, 0.15) is 0 Å². The van der Waals surface area contributed by atoms with E-state index in [4.69, 9.17) is 0 Å². The predicted molar refractivity (Wildman–Crippen MR) is 42.2 cm³/mol. The lowest BCUT2D eigenvalue weighted by Crippen LogP contribution is -1.56. The number of nitrogens with zero attached hydrogens (tertiary/aromatic N) is 1. The van der Waals surface area contributed by atoms with Gasteiger partial charge in [0.05, 0.1) is 0 Å². The van der Waals surface area contributed by atoms with Crippen LogP contribution in [-0.2, 0) is 0 Å². The zero-order valence-corrected chi connectivity index (χ0v) is 6.36. The molecule has 0 radical (unpaired) electrons. The minimum Gasteiger partial charge on any atom is -0.145 e. The average molecular weight is 188 g/mol. The smallest absolute Gasteiger partial charge is 0.107 e. The molecule has 3 heteroatoms. The molecule has 48 valence electrons. The first kappa shape index (κ1) is 8.30. The van der Waals surface area contributed by atoms with Crippen LogP contribution in [0.3, 0.4) is 0 Å². The Morgan fingerprint density at radius 3 is 2.00 bits per heavy atom. The van der Waals surface area contributed by atoms with Crippen LogP contribution < -0.4 is 0 Å². The molecule has 0 saturated heterocycles. The van der Waals surface area contributed by atoms with Gasteiger partial charge in [0.2, 0.25) is 0 Å². The predicted octanol–water partition coefficient (Wildman–Crippen LogP) is 2.66. The van der Waals surface area contributed by atoms with Crippen LogP contribution in [0.15, 0.2) is 35.5 Å². The lowest BCUT2D eigenvalue weighted by atomic mass is 10.3. The van der Waals surface area contributed by atoms with Crippen molar-refractivity contribution in [3.8, 4) is 0 Å². The molecule has 0 saturated carbocycles. The van der Waals surface area contributed by atoms with E-state index in [1.54, 1.807) is 24.3 Å². The fraction of sp³-hybridized carbons (Fsp3) is 0. The topological polar surface area (TPSA) is 29.4 Å². The van der Waals surface area contributed by atoms with Gasteiger partial charge in [0.15, 0.2) is 0 Å². The largest absolute Gasteiger partial charge is 0.145 e. The van der Waals surface area contributed by atoms with Gasteiger partial charge in [-0.1, -0.05) is 18.2 Å². The standard InChI is InChI=1S/C6H5NO.BrH/c8-7-6-4-2-1-3-5-6;/h1-5H;1H. The summed E-state index contributed by atoms with van der Waals surface area (Å²) in [5, 5.41) is 2.72. The normalized spacial score (nSPS) is 7.56. The molecule has 2 nitrogen and oxygen atoms in total. The highest BCUT2D eigenvalue weighted by Crippen LogP contribution is 2.07. The molecule has 0 heterocycles. The summed E-state index contributed by atoms with van der Waals surface area (Å²) < 4.78 is 0. The minimum atomic E-state index is 0. The van der Waals surface area contributed by atoms with E-state index in [2.05, 4.69) is 5.18 Å². The Labute approximate surface area is 63.6 Å². The molecule has 0 aromatic heterocycles. The second kappa shape index (κ2) is 4.21. The molecule has 0 amide bonds. The van der Waals surface area contributed by atoms with Crippen LogP contribution in [0, 0.1) is 4.91 Å². The zero-order valence-electron chi connectivity index (χ0n) is 4.65. The third-order valence-electron chi connectivity index (χ3n) is 0.862. The number of nitroso groups, excluding NO2 is 1. The summed E-state index contributed by atoms with van der Waals surface area (Å²) >= 11 is 0. The molecule has 0 aliphatic heterocycles. The second-order valence-electron chi connectivity index (χ2n) is 1.43. The lowest BCUT2D eigenvalue weighted by Gasteiger charge is -1.80. The fourth-order valence-electron chi connectivity index (χ4n) is 0.489. The third kappa shape index (κ3) is 2.37. The highest BCUT2D eigenvalue weighted by molar-refractivity contribution is 8.93. The second-order valence-corrected chi connectivity index (χ2v) is 1.43. The van der Waals surface area contributed by atoms with Crippen LogP contribution in [0.5, 0.6) is 0 Å². The molecule has 9 heavy (non-hydrogen) atoms. The Balaban J connectivity index is 0.000000640. The fourth-order valence-corrected chi connectivity index (χ4v) is 0.489. The lowest BCUT2D eigenvalue weighted by molar-refractivity contribution is 1.50. The molecule has 0 atom stereocenters. The molecule has 0 aliphatic rings. The minimum absolute atomic E-state index is 0. The van der Waals surface area contributed by atoms with Gasteiger partial charge in [-0.15, -0.1) is 21.9 Å². The summed E-state index contributed by atoms with van der Waals surface area (Å²) in [5.41, 5.74) is 0.479. The molecule has 0 bridgehead atoms. The van der Waals surface area contributed by atoms with Crippen molar-refractivity contribution in [2.45, 2.75) is 0 Å². The summed E-state index contributed by atoms with van der Waals surface area (Å²) in [6.07, 6.45) is 0. The zero-order chi connectivity index (χ0) is 5.82. The van der Waals surface area contributed by atoms with E-state index in [0.29, 0.717) is 5.69 Å². The van der Waals surface area contributed by atoms with Gasteiger partial charge in [-0.3, -0.25) is 0 Å². The van der Waals surface area contributed by atoms with Crippen LogP contribution in [-0.4, -0.2) is 0 Å². The van der Waals surface area contributed by atoms with Crippen LogP contribution in [0.2, 0.25) is 0 Å². The Kier molecular flexibility index (Phi) is 3.88. The van der Waals surface area contributed by atoms with E-state index in [9.17, 15) is 4.91 Å². The number of hydrogen-bond donors (Lipinski definition) is 0. The summed E-state index contributed by atoms with van der Waals surface area (Å²) in [5.74, 6) is 0. The number of benzene rings is 1. The highest BCUT2D eigenvalue weighted by atomic mass is 79.9. The van der Waals surface area contributed by atoms with Crippen molar-refractivity contribution >= 4 is 22.7 Å². The molecular formula is C6H6BrNO. The van der Waals surface area contributed by atoms with Crippen LogP contribution >= 0.6 is 17.0 Å². The maximum Gasteiger partial charge on any atom is 0.107 e. The van der Waals surface area contributed by atoms with Crippen molar-refractivity contribution in [3.63, 3.8) is 0 Å². The van der Waals surface area contributed by atoms with Gasteiger partial charge in [-0.05, 0) is 17.3 Å². The molecule has 0 N–H and O–H groups in total. The van der Waals surface area contributed by atoms with Crippen molar-refractivity contribution in [3.05, 3.63) is 35.2 Å². The molecular weight excluding hydrogens is 182 g/mol. The molecule has 0 spiro atoms. The summed E-state index contributed by atoms with van der Waals surface area (Å²) in [4.78, 5) is 9.76. The van der Waals surface area contributed by atoms with Crippen molar-refractivity contribution in [2.24, 2.45) is 5.18 Å². The summed E-state index contributed by atoms with van der Waals surface area (Å²) in [7, 11) is 0. The van der Waals surface area contributed by atoms with E-state index in [1.165, 1.54) is 0 Å².